The van der Waals surface area contributed by atoms with Gasteiger partial charge >= 0.3 is 5.97 Å². The van der Waals surface area contributed by atoms with E-state index in [9.17, 15) is 9.18 Å². The number of carbonyl (C=O) groups is 1. The highest BCUT2D eigenvalue weighted by Crippen LogP contribution is 2.22. The van der Waals surface area contributed by atoms with Crippen LogP contribution in [0.25, 0.3) is 0 Å². The summed E-state index contributed by atoms with van der Waals surface area (Å²) in [5.41, 5.74) is 6.39. The van der Waals surface area contributed by atoms with Gasteiger partial charge in [0.1, 0.15) is 11.3 Å². The molecule has 1 aromatic rings. The second-order valence-corrected chi connectivity index (χ2v) is 3.85. The lowest BCUT2D eigenvalue weighted by Crippen LogP contribution is -2.07. The van der Waals surface area contributed by atoms with E-state index in [4.69, 9.17) is 10.5 Å². The number of nitrogens with two attached hydrogens (primary N) is 1. The minimum absolute atomic E-state index is 0.308. The molecule has 0 atom stereocenters. The van der Waals surface area contributed by atoms with Crippen molar-refractivity contribution >= 4 is 11.7 Å². The Labute approximate surface area is 106 Å². The average Bonchev–Trinajstić information content (AvgIpc) is 2.39. The first-order chi connectivity index (χ1) is 8.69. The van der Waals surface area contributed by atoms with Gasteiger partial charge in [-0.3, -0.25) is 4.39 Å². The highest BCUT2D eigenvalue weighted by atomic mass is 19.1. The fourth-order valence-corrected chi connectivity index (χ4v) is 1.50. The highest BCUT2D eigenvalue weighted by Gasteiger charge is 2.13. The van der Waals surface area contributed by atoms with Crippen molar-refractivity contribution in [1.82, 2.24) is 0 Å². The first-order valence-corrected chi connectivity index (χ1v) is 5.85. The molecule has 2 N–H and O–H groups in total. The number of nitrogen functional groups attached to an aromatic ring is 1. The molecule has 0 saturated carbocycles. The maximum absolute atomic E-state index is 11.9. The zero-order chi connectivity index (χ0) is 13.4. The number of halogens is 1. The van der Waals surface area contributed by atoms with Crippen LogP contribution >= 0.6 is 0 Å². The smallest absolute Gasteiger partial charge is 0.341 e. The summed E-state index contributed by atoms with van der Waals surface area (Å²) in [6.07, 6.45) is 2.04. The Hall–Kier alpha value is -1.78. The maximum atomic E-state index is 11.9. The molecule has 100 valence electrons. The molecule has 0 fully saturated rings. The fraction of sp³-hybridized carbons (Fsp3) is 0.462. The lowest BCUT2D eigenvalue weighted by Gasteiger charge is -2.10. The minimum Gasteiger partial charge on any atom is -0.493 e. The number of hydrogen-bond donors (Lipinski definition) is 1. The number of alkyl halides is 1. The Morgan fingerprint density at radius 3 is 2.78 bits per heavy atom. The molecule has 0 heterocycles. The van der Waals surface area contributed by atoms with Crippen molar-refractivity contribution in [3.05, 3.63) is 23.8 Å². The van der Waals surface area contributed by atoms with Crippen LogP contribution in [0.15, 0.2) is 18.2 Å². The van der Waals surface area contributed by atoms with Gasteiger partial charge in [-0.05, 0) is 37.5 Å². The van der Waals surface area contributed by atoms with Crippen LogP contribution in [-0.2, 0) is 4.74 Å². The van der Waals surface area contributed by atoms with Gasteiger partial charge in [0.15, 0.2) is 0 Å². The van der Waals surface area contributed by atoms with Gasteiger partial charge in [-0.1, -0.05) is 0 Å². The molecule has 0 saturated heterocycles. The number of esters is 1. The Kier molecular flexibility index (Phi) is 5.97. The van der Waals surface area contributed by atoms with E-state index in [1.54, 1.807) is 12.1 Å². The van der Waals surface area contributed by atoms with Gasteiger partial charge in [-0.15, -0.1) is 0 Å². The molecule has 0 aliphatic carbocycles. The first-order valence-electron chi connectivity index (χ1n) is 5.85. The molecule has 18 heavy (non-hydrogen) atoms. The Morgan fingerprint density at radius 1 is 1.33 bits per heavy atom. The molecule has 0 bridgehead atoms. The predicted octanol–water partition coefficient (Wildman–Crippen LogP) is 2.57. The van der Waals surface area contributed by atoms with Crippen LogP contribution in [0.4, 0.5) is 10.1 Å². The van der Waals surface area contributed by atoms with Crippen molar-refractivity contribution < 1.29 is 18.7 Å². The van der Waals surface area contributed by atoms with Gasteiger partial charge in [0.25, 0.3) is 0 Å². The number of benzene rings is 1. The minimum atomic E-state index is -0.485. The molecule has 0 aliphatic heterocycles. The van der Waals surface area contributed by atoms with Crippen LogP contribution in [0.3, 0.4) is 0 Å². The Balaban J connectivity index is 2.61. The van der Waals surface area contributed by atoms with Crippen molar-refractivity contribution in [2.75, 3.05) is 26.1 Å². The molecule has 0 aliphatic rings. The van der Waals surface area contributed by atoms with Crippen molar-refractivity contribution in [2.24, 2.45) is 0 Å². The van der Waals surface area contributed by atoms with Crippen LogP contribution < -0.4 is 10.5 Å². The SMILES string of the molecule is COC(=O)c1cc(N)ccc1OCCCCCF. The number of ether oxygens (including phenoxy) is 2. The zero-order valence-corrected chi connectivity index (χ0v) is 10.4. The Bertz CT molecular complexity index is 396. The third kappa shape index (κ3) is 4.24. The van der Waals surface area contributed by atoms with Crippen LogP contribution in [0.5, 0.6) is 5.75 Å². The maximum Gasteiger partial charge on any atom is 0.341 e. The predicted molar refractivity (Wildman–Crippen MR) is 67.5 cm³/mol. The molecular weight excluding hydrogens is 237 g/mol. The van der Waals surface area contributed by atoms with Crippen LogP contribution in [0, 0.1) is 0 Å². The van der Waals surface area contributed by atoms with E-state index in [1.165, 1.54) is 13.2 Å². The monoisotopic (exact) mass is 255 g/mol. The van der Waals surface area contributed by atoms with E-state index in [0.29, 0.717) is 30.0 Å². The summed E-state index contributed by atoms with van der Waals surface area (Å²) >= 11 is 0. The second-order valence-electron chi connectivity index (χ2n) is 3.85. The van der Waals surface area contributed by atoms with Crippen molar-refractivity contribution in [2.45, 2.75) is 19.3 Å². The highest BCUT2D eigenvalue weighted by molar-refractivity contribution is 5.93. The second kappa shape index (κ2) is 7.53. The van der Waals surface area contributed by atoms with Gasteiger partial charge in [0.2, 0.25) is 0 Å². The Morgan fingerprint density at radius 2 is 2.11 bits per heavy atom. The van der Waals surface area contributed by atoms with Crippen LogP contribution in [-0.4, -0.2) is 26.4 Å². The molecule has 0 radical (unpaired) electrons. The summed E-state index contributed by atoms with van der Waals surface area (Å²) in [6, 6.07) is 4.81. The molecule has 1 rings (SSSR count). The first kappa shape index (κ1) is 14.3. The van der Waals surface area contributed by atoms with Crippen molar-refractivity contribution in [1.29, 1.82) is 0 Å². The molecule has 5 heteroatoms. The van der Waals surface area contributed by atoms with Crippen LogP contribution in [0.1, 0.15) is 29.6 Å². The number of rotatable bonds is 7. The molecule has 0 amide bonds. The molecule has 0 aromatic heterocycles. The standard InChI is InChI=1S/C13H18FNO3/c1-17-13(16)11-9-10(15)5-6-12(11)18-8-4-2-3-7-14/h5-6,9H,2-4,7-8,15H2,1H3. The summed E-state index contributed by atoms with van der Waals surface area (Å²) in [7, 11) is 1.30. The largest absolute Gasteiger partial charge is 0.493 e. The topological polar surface area (TPSA) is 61.5 Å². The lowest BCUT2D eigenvalue weighted by atomic mass is 10.2. The summed E-state index contributed by atoms with van der Waals surface area (Å²) in [5.74, 6) is -0.0441. The number of methoxy groups -OCH3 is 1. The molecule has 1 aromatic carbocycles. The third-order valence-electron chi connectivity index (χ3n) is 2.44. The summed E-state index contributed by atoms with van der Waals surface area (Å²) < 4.78 is 22.0. The molecule has 0 spiro atoms. The third-order valence-corrected chi connectivity index (χ3v) is 2.44. The number of unbranched alkanes of at least 4 members (excludes halogenated alkanes) is 2. The van der Waals surface area contributed by atoms with Crippen molar-refractivity contribution in [3.8, 4) is 5.75 Å². The fourth-order valence-electron chi connectivity index (χ4n) is 1.50. The molecular formula is C13H18FNO3. The van der Waals surface area contributed by atoms with E-state index in [1.807, 2.05) is 0 Å². The van der Waals surface area contributed by atoms with Gasteiger partial charge in [0.05, 0.1) is 20.4 Å². The zero-order valence-electron chi connectivity index (χ0n) is 10.4. The van der Waals surface area contributed by atoms with Gasteiger partial charge in [-0.25, -0.2) is 4.79 Å². The van der Waals surface area contributed by atoms with Crippen molar-refractivity contribution in [3.63, 3.8) is 0 Å². The van der Waals surface area contributed by atoms with E-state index in [0.717, 1.165) is 12.8 Å². The lowest BCUT2D eigenvalue weighted by molar-refractivity contribution is 0.0596. The van der Waals surface area contributed by atoms with Crippen LogP contribution in [0.2, 0.25) is 0 Å². The summed E-state index contributed by atoms with van der Waals surface area (Å²) in [5, 5.41) is 0. The number of carbonyl (C=O) groups excluding carboxylic acids is 1. The summed E-state index contributed by atoms with van der Waals surface area (Å²) in [6.45, 7) is 0.128. The quantitative estimate of drug-likeness (QED) is 0.462. The van der Waals surface area contributed by atoms with Gasteiger partial charge in [0, 0.05) is 5.69 Å². The van der Waals surface area contributed by atoms with E-state index in [2.05, 4.69) is 4.74 Å². The normalized spacial score (nSPS) is 10.1. The van der Waals surface area contributed by atoms with Gasteiger partial charge < -0.3 is 15.2 Å². The molecule has 4 nitrogen and oxygen atoms in total. The average molecular weight is 255 g/mol. The molecule has 0 unspecified atom stereocenters. The van der Waals surface area contributed by atoms with Gasteiger partial charge in [-0.2, -0.15) is 0 Å². The number of anilines is 1. The van der Waals surface area contributed by atoms with E-state index in [-0.39, 0.29) is 6.67 Å². The summed E-state index contributed by atoms with van der Waals surface area (Å²) in [4.78, 5) is 11.5. The van der Waals surface area contributed by atoms with E-state index < -0.39 is 5.97 Å². The number of hydrogen-bond acceptors (Lipinski definition) is 4. The van der Waals surface area contributed by atoms with E-state index >= 15 is 0 Å².